The van der Waals surface area contributed by atoms with Gasteiger partial charge in [0.15, 0.2) is 0 Å². The molecule has 2 N–H and O–H groups in total. The van der Waals surface area contributed by atoms with Crippen molar-refractivity contribution < 1.29 is 9.84 Å². The van der Waals surface area contributed by atoms with Gasteiger partial charge in [-0.05, 0) is 31.5 Å². The Morgan fingerprint density at radius 1 is 1.47 bits per heavy atom. The van der Waals surface area contributed by atoms with Gasteiger partial charge >= 0.3 is 0 Å². The lowest BCUT2D eigenvalue weighted by Gasteiger charge is -2.24. The fourth-order valence-electron chi connectivity index (χ4n) is 1.67. The number of halogens is 1. The second-order valence-electron chi connectivity index (χ2n) is 3.70. The first-order chi connectivity index (χ1) is 7.25. The monoisotopic (exact) mass is 227 g/mol. The van der Waals surface area contributed by atoms with Crippen LogP contribution in [0.3, 0.4) is 0 Å². The number of piperidine rings is 1. The Hall–Kier alpha value is -0.930. The topological polar surface area (TPSA) is 41.5 Å². The molecule has 0 amide bonds. The van der Waals surface area contributed by atoms with Gasteiger partial charge in [0.25, 0.3) is 0 Å². The first-order valence-electron chi connectivity index (χ1n) is 5.11. The Morgan fingerprint density at radius 3 is 3.00 bits per heavy atom. The van der Waals surface area contributed by atoms with Crippen molar-refractivity contribution in [2.24, 2.45) is 0 Å². The fraction of sp³-hybridized carbons (Fsp3) is 0.455. The van der Waals surface area contributed by atoms with Crippen molar-refractivity contribution in [3.63, 3.8) is 0 Å². The van der Waals surface area contributed by atoms with E-state index in [1.54, 1.807) is 18.2 Å². The van der Waals surface area contributed by atoms with Crippen LogP contribution in [0, 0.1) is 0 Å². The normalized spacial score (nSPS) is 21.3. The van der Waals surface area contributed by atoms with Crippen LogP contribution in [0.15, 0.2) is 18.2 Å². The number of rotatable bonds is 2. The Labute approximate surface area is 94.0 Å². The van der Waals surface area contributed by atoms with E-state index in [9.17, 15) is 5.11 Å². The minimum Gasteiger partial charge on any atom is -0.506 e. The second kappa shape index (κ2) is 4.73. The highest BCUT2D eigenvalue weighted by Gasteiger charge is 2.14. The minimum atomic E-state index is 0.0887. The van der Waals surface area contributed by atoms with Gasteiger partial charge in [-0.1, -0.05) is 11.6 Å². The third-order valence-corrected chi connectivity index (χ3v) is 2.78. The quantitative estimate of drug-likeness (QED) is 0.814. The molecule has 1 aliphatic rings. The van der Waals surface area contributed by atoms with Gasteiger partial charge in [0.2, 0.25) is 0 Å². The third-order valence-electron chi connectivity index (χ3n) is 2.47. The number of phenolic OH excluding ortho intramolecular Hbond substituents is 1. The summed E-state index contributed by atoms with van der Waals surface area (Å²) in [6, 6.07) is 4.93. The summed E-state index contributed by atoms with van der Waals surface area (Å²) < 4.78 is 5.73. The van der Waals surface area contributed by atoms with Gasteiger partial charge in [0.1, 0.15) is 17.6 Å². The predicted octanol–water partition coefficient (Wildman–Crippen LogP) is 2.18. The van der Waals surface area contributed by atoms with Crippen molar-refractivity contribution in [1.82, 2.24) is 5.32 Å². The van der Waals surface area contributed by atoms with Crippen LogP contribution < -0.4 is 10.1 Å². The summed E-state index contributed by atoms with van der Waals surface area (Å²) in [5.41, 5.74) is 0. The van der Waals surface area contributed by atoms with Gasteiger partial charge in [-0.25, -0.2) is 0 Å². The molecule has 82 valence electrons. The molecule has 0 saturated carbocycles. The maximum atomic E-state index is 9.25. The van der Waals surface area contributed by atoms with Gasteiger partial charge < -0.3 is 15.2 Å². The third kappa shape index (κ3) is 2.76. The van der Waals surface area contributed by atoms with Crippen molar-refractivity contribution in [3.05, 3.63) is 23.2 Å². The molecule has 15 heavy (non-hydrogen) atoms. The zero-order chi connectivity index (χ0) is 10.7. The van der Waals surface area contributed by atoms with Gasteiger partial charge in [0, 0.05) is 12.6 Å². The van der Waals surface area contributed by atoms with Gasteiger partial charge in [-0.3, -0.25) is 0 Å². The zero-order valence-electron chi connectivity index (χ0n) is 8.37. The maximum Gasteiger partial charge on any atom is 0.134 e. The molecule has 0 aromatic heterocycles. The van der Waals surface area contributed by atoms with E-state index in [4.69, 9.17) is 16.3 Å². The van der Waals surface area contributed by atoms with Crippen molar-refractivity contribution in [2.75, 3.05) is 13.1 Å². The molecule has 1 atom stereocenters. The maximum absolute atomic E-state index is 9.25. The molecule has 0 spiro atoms. The minimum absolute atomic E-state index is 0.0887. The van der Waals surface area contributed by atoms with Crippen molar-refractivity contribution in [2.45, 2.75) is 18.9 Å². The van der Waals surface area contributed by atoms with Crippen LogP contribution in [-0.2, 0) is 0 Å². The second-order valence-corrected chi connectivity index (χ2v) is 4.11. The van der Waals surface area contributed by atoms with Crippen molar-refractivity contribution in [1.29, 1.82) is 0 Å². The van der Waals surface area contributed by atoms with E-state index in [2.05, 4.69) is 5.32 Å². The molecular formula is C11H14ClNO2. The summed E-state index contributed by atoms with van der Waals surface area (Å²) in [4.78, 5) is 0. The largest absolute Gasteiger partial charge is 0.506 e. The molecule has 0 bridgehead atoms. The van der Waals surface area contributed by atoms with E-state index in [-0.39, 0.29) is 11.9 Å². The average Bonchev–Trinajstić information content (AvgIpc) is 2.25. The highest BCUT2D eigenvalue weighted by Crippen LogP contribution is 2.28. The van der Waals surface area contributed by atoms with Gasteiger partial charge in [-0.15, -0.1) is 0 Å². The fourth-order valence-corrected chi connectivity index (χ4v) is 1.84. The Morgan fingerprint density at radius 2 is 2.33 bits per heavy atom. The first kappa shape index (κ1) is 10.6. The summed E-state index contributed by atoms with van der Waals surface area (Å²) in [5.74, 6) is 0.803. The van der Waals surface area contributed by atoms with Crippen LogP contribution in [0.5, 0.6) is 11.5 Å². The van der Waals surface area contributed by atoms with Crippen LogP contribution in [0.25, 0.3) is 0 Å². The lowest BCUT2D eigenvalue weighted by Crippen LogP contribution is -2.37. The summed E-state index contributed by atoms with van der Waals surface area (Å²) in [6.45, 7) is 1.94. The molecular weight excluding hydrogens is 214 g/mol. The zero-order valence-corrected chi connectivity index (χ0v) is 9.13. The molecule has 1 aromatic rings. The smallest absolute Gasteiger partial charge is 0.134 e. The van der Waals surface area contributed by atoms with Crippen LogP contribution in [0.4, 0.5) is 0 Å². The highest BCUT2D eigenvalue weighted by molar-refractivity contribution is 6.32. The molecule has 1 heterocycles. The Bertz CT molecular complexity index is 337. The van der Waals surface area contributed by atoms with Gasteiger partial charge in [-0.2, -0.15) is 0 Å². The number of hydrogen-bond acceptors (Lipinski definition) is 3. The van der Waals surface area contributed by atoms with Gasteiger partial charge in [0.05, 0.1) is 5.02 Å². The SMILES string of the molecule is Oc1ccc(OC2CCCNC2)cc1Cl. The number of aromatic hydroxyl groups is 1. The van der Waals surface area contributed by atoms with E-state index in [0.29, 0.717) is 10.8 Å². The number of hydrogen-bond donors (Lipinski definition) is 2. The number of ether oxygens (including phenoxy) is 1. The van der Waals surface area contributed by atoms with Crippen molar-refractivity contribution in [3.8, 4) is 11.5 Å². The molecule has 3 nitrogen and oxygen atoms in total. The first-order valence-corrected chi connectivity index (χ1v) is 5.49. The van der Waals surface area contributed by atoms with E-state index in [0.717, 1.165) is 25.9 Å². The average molecular weight is 228 g/mol. The Kier molecular flexibility index (Phi) is 3.34. The molecule has 1 aromatic carbocycles. The molecule has 1 saturated heterocycles. The predicted molar refractivity (Wildman–Crippen MR) is 59.6 cm³/mol. The standard InChI is InChI=1S/C11H14ClNO2/c12-10-6-8(3-4-11(10)14)15-9-2-1-5-13-7-9/h3-4,6,9,13-14H,1-2,5,7H2. The van der Waals surface area contributed by atoms with Crippen molar-refractivity contribution >= 4 is 11.6 Å². The summed E-state index contributed by atoms with van der Waals surface area (Å²) in [7, 11) is 0. The van der Waals surface area contributed by atoms with E-state index < -0.39 is 0 Å². The molecule has 1 unspecified atom stereocenters. The van der Waals surface area contributed by atoms with E-state index in [1.165, 1.54) is 0 Å². The summed E-state index contributed by atoms with van der Waals surface area (Å²) in [6.07, 6.45) is 2.40. The lowest BCUT2D eigenvalue weighted by atomic mass is 10.1. The lowest BCUT2D eigenvalue weighted by molar-refractivity contribution is 0.167. The van der Waals surface area contributed by atoms with E-state index in [1.807, 2.05) is 0 Å². The Balaban J connectivity index is 2.00. The molecule has 1 aliphatic heterocycles. The number of phenols is 1. The van der Waals surface area contributed by atoms with Crippen LogP contribution in [0.1, 0.15) is 12.8 Å². The number of nitrogens with one attached hydrogen (secondary N) is 1. The van der Waals surface area contributed by atoms with E-state index >= 15 is 0 Å². The highest BCUT2D eigenvalue weighted by atomic mass is 35.5. The van der Waals surface area contributed by atoms with Crippen LogP contribution >= 0.6 is 11.6 Å². The summed E-state index contributed by atoms with van der Waals surface area (Å²) >= 11 is 5.79. The van der Waals surface area contributed by atoms with Crippen LogP contribution in [-0.4, -0.2) is 24.3 Å². The molecule has 2 rings (SSSR count). The molecule has 0 radical (unpaired) electrons. The molecule has 1 fully saturated rings. The summed E-state index contributed by atoms with van der Waals surface area (Å²) in [5, 5.41) is 12.9. The molecule has 4 heteroatoms. The van der Waals surface area contributed by atoms with Crippen LogP contribution in [0.2, 0.25) is 5.02 Å². The molecule has 0 aliphatic carbocycles. The number of benzene rings is 1.